The van der Waals surface area contributed by atoms with Gasteiger partial charge < -0.3 is 54.3 Å². The molecule has 0 fully saturated rings. The molecule has 0 saturated heterocycles. The molecule has 15 heteroatoms. The van der Waals surface area contributed by atoms with Crippen molar-refractivity contribution in [3.63, 3.8) is 0 Å². The molecule has 0 aliphatic rings. The van der Waals surface area contributed by atoms with E-state index in [1.807, 2.05) is 224 Å². The second-order valence-electron chi connectivity index (χ2n) is 22.7. The zero-order chi connectivity index (χ0) is 69.9. The van der Waals surface area contributed by atoms with Crippen LogP contribution in [0.15, 0.2) is 282 Å². The molecule has 13 nitrogen and oxygen atoms in total. The Morgan fingerprint density at radius 1 is 0.323 bits per heavy atom. The van der Waals surface area contributed by atoms with Crippen molar-refractivity contribution in [2.75, 3.05) is 39.6 Å². The molecule has 13 aromatic rings. The molecule has 506 valence electrons. The number of ether oxygens (including phenoxy) is 5. The molecule has 0 atom stereocenters. The SMILES string of the molecule is Brc1c(OCc2ccccc2)ccc2ccccc12.CCOC(=O)C(C(=O)OCC)c1c(OCc2ccccc2)ccc2ccccc12.OCC(CO)c1c(O)ccc2ccccc12.OCC(CO)c1c(OCc2ccccc2)ccc2ccccc12.Oc1ccc2ccccc2c1Br. The highest BCUT2D eigenvalue weighted by Gasteiger charge is 2.36. The molecule has 0 radical (unpaired) electrons. The lowest BCUT2D eigenvalue weighted by Gasteiger charge is -2.20. The van der Waals surface area contributed by atoms with Gasteiger partial charge in [-0.2, -0.15) is 0 Å². The van der Waals surface area contributed by atoms with E-state index in [1.54, 1.807) is 32.0 Å². The molecule has 0 aromatic heterocycles. The fourth-order valence-corrected chi connectivity index (χ4v) is 12.4. The van der Waals surface area contributed by atoms with E-state index in [0.717, 1.165) is 74.5 Å². The number of hydrogen-bond donors (Lipinski definition) is 6. The first kappa shape index (κ1) is 73.2. The molecule has 0 unspecified atom stereocenters. The van der Waals surface area contributed by atoms with Crippen molar-refractivity contribution in [2.24, 2.45) is 0 Å². The van der Waals surface area contributed by atoms with Crippen molar-refractivity contribution in [3.8, 4) is 28.7 Å². The Morgan fingerprint density at radius 2 is 0.616 bits per heavy atom. The Morgan fingerprint density at radius 3 is 1.02 bits per heavy atom. The number of rotatable bonds is 20. The molecule has 0 aliphatic heterocycles. The number of benzene rings is 13. The van der Waals surface area contributed by atoms with Crippen molar-refractivity contribution in [1.29, 1.82) is 0 Å². The van der Waals surface area contributed by atoms with Crippen LogP contribution in [0.4, 0.5) is 0 Å². The van der Waals surface area contributed by atoms with E-state index >= 15 is 0 Å². The topological polar surface area (TPSA) is 202 Å². The smallest absolute Gasteiger partial charge is 0.325 e. The summed E-state index contributed by atoms with van der Waals surface area (Å²) in [7, 11) is 0. The molecular formula is C84H78Br2O13. The molecular weight excluding hydrogens is 1380 g/mol. The summed E-state index contributed by atoms with van der Waals surface area (Å²) in [5.41, 5.74) is 5.18. The zero-order valence-corrected chi connectivity index (χ0v) is 58.0. The summed E-state index contributed by atoms with van der Waals surface area (Å²) in [5, 5.41) is 67.0. The normalized spacial score (nSPS) is 10.8. The Labute approximate surface area is 592 Å². The van der Waals surface area contributed by atoms with Gasteiger partial charge in [0.1, 0.15) is 48.6 Å². The van der Waals surface area contributed by atoms with Crippen molar-refractivity contribution in [2.45, 2.75) is 51.4 Å². The maximum Gasteiger partial charge on any atom is 0.325 e. The third-order valence-corrected chi connectivity index (χ3v) is 17.9. The summed E-state index contributed by atoms with van der Waals surface area (Å²) < 4.78 is 30.1. The van der Waals surface area contributed by atoms with Crippen LogP contribution in [0.5, 0.6) is 28.7 Å². The van der Waals surface area contributed by atoms with Crippen LogP contribution in [0.3, 0.4) is 0 Å². The van der Waals surface area contributed by atoms with Gasteiger partial charge in [0.05, 0.1) is 48.6 Å². The number of esters is 2. The fourth-order valence-electron chi connectivity index (χ4n) is 11.3. The van der Waals surface area contributed by atoms with Gasteiger partial charge in [0, 0.05) is 28.5 Å². The molecule has 13 rings (SSSR count). The molecule has 0 spiro atoms. The van der Waals surface area contributed by atoms with Crippen LogP contribution in [0.1, 0.15) is 65.0 Å². The van der Waals surface area contributed by atoms with E-state index in [1.165, 1.54) is 16.3 Å². The van der Waals surface area contributed by atoms with Crippen LogP contribution in [-0.4, -0.2) is 82.2 Å². The van der Waals surface area contributed by atoms with E-state index < -0.39 is 23.8 Å². The molecule has 0 bridgehead atoms. The summed E-state index contributed by atoms with van der Waals surface area (Å²) in [6, 6.07) is 87.8. The van der Waals surface area contributed by atoms with Gasteiger partial charge in [-0.05, 0) is 147 Å². The zero-order valence-electron chi connectivity index (χ0n) is 54.9. The maximum atomic E-state index is 12.8. The first-order valence-corrected chi connectivity index (χ1v) is 34.0. The highest BCUT2D eigenvalue weighted by atomic mass is 79.9. The van der Waals surface area contributed by atoms with E-state index in [0.29, 0.717) is 42.4 Å². The molecule has 99 heavy (non-hydrogen) atoms. The average Bonchev–Trinajstić information content (AvgIpc) is 0.841. The van der Waals surface area contributed by atoms with Gasteiger partial charge >= 0.3 is 11.9 Å². The predicted molar refractivity (Wildman–Crippen MR) is 401 cm³/mol. The lowest BCUT2D eigenvalue weighted by Crippen LogP contribution is -2.27. The molecule has 0 amide bonds. The van der Waals surface area contributed by atoms with Crippen LogP contribution in [0, 0.1) is 0 Å². The second-order valence-corrected chi connectivity index (χ2v) is 24.3. The quantitative estimate of drug-likeness (QED) is 0.0311. The van der Waals surface area contributed by atoms with Gasteiger partial charge in [0.15, 0.2) is 5.92 Å². The summed E-state index contributed by atoms with van der Waals surface area (Å²) in [6.07, 6.45) is 0. The standard InChI is InChI=1S/C24H24O5.C20H20O3.C17H13BrO.C13H14O3.C10H7BrO/c1-3-27-23(25)22(24(26)28-4-2)21-19-13-9-8-12-18(19)14-15-20(21)29-16-17-10-6-5-7-11-17;21-12-17(13-22)20-18-9-5-4-8-16(18)10-11-19(20)23-14-15-6-2-1-3-7-15;18-17-15-9-5-4-8-14(15)10-11-16(17)19-12-13-6-2-1-3-7-13;14-7-10(8-15)13-11-4-2-1-3-9(11)5-6-12(13)16;11-10-8-4-2-1-3-7(8)5-6-9(10)12/h5-15,22H,3-4,16H2,1-2H3;1-11,17,21-22H,12-14H2;1-11H,12H2;1-6,10,14-16H,7-8H2;1-6,12H. The van der Waals surface area contributed by atoms with Gasteiger partial charge in [-0.1, -0.05) is 243 Å². The lowest BCUT2D eigenvalue weighted by molar-refractivity contribution is -0.157. The monoisotopic (exact) mass is 1450 g/mol. The van der Waals surface area contributed by atoms with Crippen LogP contribution in [-0.2, 0) is 38.9 Å². The minimum atomic E-state index is -1.22. The minimum Gasteiger partial charge on any atom is -0.508 e. The van der Waals surface area contributed by atoms with Crippen LogP contribution in [0.2, 0.25) is 0 Å². The minimum absolute atomic E-state index is 0.117. The predicted octanol–water partition coefficient (Wildman–Crippen LogP) is 18.2. The van der Waals surface area contributed by atoms with Gasteiger partial charge in [0.2, 0.25) is 0 Å². The van der Waals surface area contributed by atoms with Gasteiger partial charge in [0.25, 0.3) is 0 Å². The number of carbonyl (C=O) groups excluding carboxylic acids is 2. The fraction of sp³-hybridized carbons (Fsp3) is 0.167. The number of aliphatic hydroxyl groups excluding tert-OH is 4. The number of phenolic OH excluding ortho intramolecular Hbond substituents is 2. The largest absolute Gasteiger partial charge is 0.508 e. The average molecular weight is 1460 g/mol. The molecule has 0 saturated carbocycles. The highest BCUT2D eigenvalue weighted by molar-refractivity contribution is 9.11. The molecule has 13 aromatic carbocycles. The molecule has 0 aliphatic carbocycles. The Balaban J connectivity index is 0.000000149. The summed E-state index contributed by atoms with van der Waals surface area (Å²) >= 11 is 6.96. The van der Waals surface area contributed by atoms with Crippen LogP contribution >= 0.6 is 31.9 Å². The number of phenols is 2. The highest BCUT2D eigenvalue weighted by Crippen LogP contribution is 2.39. The number of halogens is 2. The number of aromatic hydroxyl groups is 2. The van der Waals surface area contributed by atoms with Crippen LogP contribution in [0.25, 0.3) is 53.9 Å². The van der Waals surface area contributed by atoms with E-state index in [9.17, 15) is 40.2 Å². The Kier molecular flexibility index (Phi) is 27.8. The lowest BCUT2D eigenvalue weighted by atomic mass is 9.92. The van der Waals surface area contributed by atoms with E-state index in [4.69, 9.17) is 23.7 Å². The second kappa shape index (κ2) is 37.6. The maximum absolute atomic E-state index is 12.8. The third kappa shape index (κ3) is 19.4. The van der Waals surface area contributed by atoms with Crippen molar-refractivity contribution in [1.82, 2.24) is 0 Å². The van der Waals surface area contributed by atoms with Gasteiger partial charge in [-0.15, -0.1) is 0 Å². The van der Waals surface area contributed by atoms with E-state index in [-0.39, 0.29) is 57.1 Å². The Bertz CT molecular complexity index is 4700. The number of aliphatic hydroxyl groups is 4. The van der Waals surface area contributed by atoms with Crippen LogP contribution < -0.4 is 14.2 Å². The van der Waals surface area contributed by atoms with Crippen molar-refractivity contribution < 1.29 is 63.9 Å². The summed E-state index contributed by atoms with van der Waals surface area (Å²) in [4.78, 5) is 25.5. The van der Waals surface area contributed by atoms with Crippen molar-refractivity contribution in [3.05, 3.63) is 315 Å². The molecule has 0 heterocycles. The Hall–Kier alpha value is -10.1. The van der Waals surface area contributed by atoms with Crippen molar-refractivity contribution >= 4 is 97.7 Å². The number of fused-ring (bicyclic) bond motifs is 5. The van der Waals surface area contributed by atoms with E-state index in [2.05, 4.69) is 62.2 Å². The van der Waals surface area contributed by atoms with Gasteiger partial charge in [-0.3, -0.25) is 9.59 Å². The summed E-state index contributed by atoms with van der Waals surface area (Å²) in [6.45, 7) is 4.48. The first-order valence-electron chi connectivity index (χ1n) is 32.4. The first-order chi connectivity index (χ1) is 48.4. The van der Waals surface area contributed by atoms with Gasteiger partial charge in [-0.25, -0.2) is 0 Å². The molecule has 6 N–H and O–H groups in total. The number of hydrogen-bond acceptors (Lipinski definition) is 13. The number of carbonyl (C=O) groups is 2. The third-order valence-electron chi connectivity index (χ3n) is 16.2. The summed E-state index contributed by atoms with van der Waals surface area (Å²) in [5.74, 6) is -0.856.